The summed E-state index contributed by atoms with van der Waals surface area (Å²) in [5.41, 5.74) is 1.05. The quantitative estimate of drug-likeness (QED) is 0.855. The number of benzene rings is 1. The third kappa shape index (κ3) is 2.28. The molecule has 0 radical (unpaired) electrons. The van der Waals surface area contributed by atoms with E-state index in [4.69, 9.17) is 9.47 Å². The van der Waals surface area contributed by atoms with Gasteiger partial charge in [0.2, 0.25) is 5.91 Å². The zero-order valence-corrected chi connectivity index (χ0v) is 13.4. The lowest BCUT2D eigenvalue weighted by Crippen LogP contribution is -2.35. The third-order valence-corrected chi connectivity index (χ3v) is 5.45. The van der Waals surface area contributed by atoms with Gasteiger partial charge in [0, 0.05) is 11.6 Å². The second-order valence-corrected chi connectivity index (χ2v) is 6.71. The molecule has 2 saturated carbocycles. The van der Waals surface area contributed by atoms with E-state index in [9.17, 15) is 14.4 Å². The van der Waals surface area contributed by atoms with Crippen LogP contribution in [0.3, 0.4) is 0 Å². The fraction of sp³-hybridized carbons (Fsp3) is 0.500. The normalized spacial score (nSPS) is 32.5. The maximum atomic E-state index is 12.6. The largest absolute Gasteiger partial charge is 0.462 e. The fourth-order valence-corrected chi connectivity index (χ4v) is 4.49. The van der Waals surface area contributed by atoms with E-state index in [1.165, 1.54) is 0 Å². The number of amides is 1. The standard InChI is InChI=1S/C18H19NO5/c1-2-23-17(21)9-3-5-11(6-4-9)19-16(20)14-10-7-12-13(8-10)24-18(22)15(12)14/h3-6,10,12-15H,2,7-8H2,1H3,(H,19,20)/t10-,12-,13+,14+,15-/m0/s1. The molecule has 0 spiro atoms. The van der Waals surface area contributed by atoms with E-state index in [2.05, 4.69) is 5.32 Å². The van der Waals surface area contributed by atoms with Crippen molar-refractivity contribution >= 4 is 23.5 Å². The molecule has 5 atom stereocenters. The maximum Gasteiger partial charge on any atom is 0.338 e. The van der Waals surface area contributed by atoms with Gasteiger partial charge in [-0.25, -0.2) is 4.79 Å². The van der Waals surface area contributed by atoms with E-state index in [0.29, 0.717) is 17.9 Å². The fourth-order valence-electron chi connectivity index (χ4n) is 4.49. The highest BCUT2D eigenvalue weighted by molar-refractivity contribution is 5.97. The molecule has 24 heavy (non-hydrogen) atoms. The number of hydrogen-bond acceptors (Lipinski definition) is 5. The predicted octanol–water partition coefficient (Wildman–Crippen LogP) is 2.00. The lowest BCUT2D eigenvalue weighted by atomic mass is 9.79. The Balaban J connectivity index is 1.45. The molecule has 1 aromatic carbocycles. The molecule has 6 nitrogen and oxygen atoms in total. The van der Waals surface area contributed by atoms with Crippen molar-refractivity contribution in [3.8, 4) is 0 Å². The Morgan fingerprint density at radius 3 is 2.71 bits per heavy atom. The molecule has 1 saturated heterocycles. The summed E-state index contributed by atoms with van der Waals surface area (Å²) in [6, 6.07) is 6.59. The second kappa shape index (κ2) is 5.61. The number of esters is 2. The smallest absolute Gasteiger partial charge is 0.338 e. The summed E-state index contributed by atoms with van der Waals surface area (Å²) in [5, 5.41) is 2.87. The molecule has 6 heteroatoms. The molecule has 1 heterocycles. The van der Waals surface area contributed by atoms with Crippen LogP contribution in [0.25, 0.3) is 0 Å². The van der Waals surface area contributed by atoms with Crippen molar-refractivity contribution in [2.24, 2.45) is 23.7 Å². The molecule has 1 aliphatic heterocycles. The van der Waals surface area contributed by atoms with Gasteiger partial charge in [0.25, 0.3) is 0 Å². The summed E-state index contributed by atoms with van der Waals surface area (Å²) in [5.74, 6) is -0.877. The van der Waals surface area contributed by atoms with Crippen molar-refractivity contribution in [3.63, 3.8) is 0 Å². The Labute approximate surface area is 139 Å². The van der Waals surface area contributed by atoms with Crippen molar-refractivity contribution in [3.05, 3.63) is 29.8 Å². The van der Waals surface area contributed by atoms with Gasteiger partial charge in [-0.05, 0) is 49.9 Å². The van der Waals surface area contributed by atoms with Crippen LogP contribution in [0.1, 0.15) is 30.1 Å². The van der Waals surface area contributed by atoms with Crippen molar-refractivity contribution in [2.45, 2.75) is 25.9 Å². The lowest BCUT2D eigenvalue weighted by Gasteiger charge is -2.23. The molecule has 0 aromatic heterocycles. The first-order chi connectivity index (χ1) is 11.6. The molecular weight excluding hydrogens is 310 g/mol. The molecule has 2 bridgehead atoms. The van der Waals surface area contributed by atoms with Gasteiger partial charge in [0.05, 0.1) is 24.0 Å². The highest BCUT2D eigenvalue weighted by atomic mass is 16.6. The summed E-state index contributed by atoms with van der Waals surface area (Å²) in [4.78, 5) is 36.3. The molecule has 4 rings (SSSR count). The Morgan fingerprint density at radius 1 is 1.25 bits per heavy atom. The molecule has 1 N–H and O–H groups in total. The van der Waals surface area contributed by atoms with Crippen LogP contribution in [0.5, 0.6) is 0 Å². The Morgan fingerprint density at radius 2 is 2.00 bits per heavy atom. The Hall–Kier alpha value is -2.37. The first-order valence-electron chi connectivity index (χ1n) is 8.37. The van der Waals surface area contributed by atoms with E-state index >= 15 is 0 Å². The van der Waals surface area contributed by atoms with Gasteiger partial charge in [-0.1, -0.05) is 0 Å². The van der Waals surface area contributed by atoms with Crippen molar-refractivity contribution < 1.29 is 23.9 Å². The highest BCUT2D eigenvalue weighted by Gasteiger charge is 2.63. The average molecular weight is 329 g/mol. The van der Waals surface area contributed by atoms with Gasteiger partial charge in [-0.3, -0.25) is 9.59 Å². The van der Waals surface area contributed by atoms with Crippen LogP contribution in [-0.4, -0.2) is 30.6 Å². The minimum Gasteiger partial charge on any atom is -0.462 e. The topological polar surface area (TPSA) is 81.7 Å². The van der Waals surface area contributed by atoms with E-state index in [0.717, 1.165) is 12.8 Å². The molecule has 3 fully saturated rings. The molecule has 1 amide bonds. The summed E-state index contributed by atoms with van der Waals surface area (Å²) in [6.07, 6.45) is 1.73. The SMILES string of the molecule is CCOC(=O)c1ccc(NC(=O)[C@@H]2[C@H]3C[C@@H]4[C@@H]2C(=O)O[C@@H]4C3)cc1. The van der Waals surface area contributed by atoms with E-state index in [1.54, 1.807) is 31.2 Å². The minimum atomic E-state index is -0.386. The Bertz CT molecular complexity index is 696. The molecule has 0 unspecified atom stereocenters. The molecular formula is C18H19NO5. The molecule has 2 aliphatic carbocycles. The predicted molar refractivity (Wildman–Crippen MR) is 84.1 cm³/mol. The van der Waals surface area contributed by atoms with Crippen LogP contribution in [0.4, 0.5) is 5.69 Å². The van der Waals surface area contributed by atoms with Crippen LogP contribution < -0.4 is 5.32 Å². The maximum absolute atomic E-state index is 12.6. The van der Waals surface area contributed by atoms with Crippen LogP contribution in [-0.2, 0) is 19.1 Å². The van der Waals surface area contributed by atoms with Gasteiger partial charge in [0.1, 0.15) is 6.10 Å². The zero-order valence-electron chi connectivity index (χ0n) is 13.4. The Kier molecular flexibility index (Phi) is 3.55. The molecule has 3 aliphatic rings. The van der Waals surface area contributed by atoms with Crippen LogP contribution in [0.15, 0.2) is 24.3 Å². The summed E-state index contributed by atoms with van der Waals surface area (Å²) < 4.78 is 10.3. The van der Waals surface area contributed by atoms with Crippen LogP contribution in [0.2, 0.25) is 0 Å². The van der Waals surface area contributed by atoms with E-state index in [1.807, 2.05) is 0 Å². The summed E-state index contributed by atoms with van der Waals surface area (Å²) >= 11 is 0. The van der Waals surface area contributed by atoms with E-state index < -0.39 is 0 Å². The first-order valence-corrected chi connectivity index (χ1v) is 8.37. The van der Waals surface area contributed by atoms with Crippen molar-refractivity contribution in [1.82, 2.24) is 0 Å². The first kappa shape index (κ1) is 15.2. The van der Waals surface area contributed by atoms with Gasteiger partial charge in [-0.15, -0.1) is 0 Å². The number of nitrogens with one attached hydrogen (secondary N) is 1. The molecule has 1 aromatic rings. The second-order valence-electron chi connectivity index (χ2n) is 6.71. The van der Waals surface area contributed by atoms with Crippen molar-refractivity contribution in [2.75, 3.05) is 11.9 Å². The summed E-state index contributed by atoms with van der Waals surface area (Å²) in [7, 11) is 0. The van der Waals surface area contributed by atoms with Crippen molar-refractivity contribution in [1.29, 1.82) is 0 Å². The number of carbonyl (C=O) groups excluding carboxylic acids is 3. The molecule has 126 valence electrons. The average Bonchev–Trinajstić information content (AvgIpc) is 3.17. The van der Waals surface area contributed by atoms with E-state index in [-0.39, 0.29) is 47.6 Å². The number of fused-ring (bicyclic) bond motifs is 1. The highest BCUT2D eigenvalue weighted by Crippen LogP contribution is 2.57. The van der Waals surface area contributed by atoms with Gasteiger partial charge in [-0.2, -0.15) is 0 Å². The monoisotopic (exact) mass is 329 g/mol. The number of anilines is 1. The third-order valence-electron chi connectivity index (χ3n) is 5.45. The minimum absolute atomic E-state index is 0.0282. The number of carbonyl (C=O) groups is 3. The van der Waals surface area contributed by atoms with Gasteiger partial charge >= 0.3 is 11.9 Å². The number of rotatable bonds is 4. The summed E-state index contributed by atoms with van der Waals surface area (Å²) in [6.45, 7) is 2.07. The van der Waals surface area contributed by atoms with Crippen LogP contribution >= 0.6 is 0 Å². The van der Waals surface area contributed by atoms with Gasteiger partial charge in [0.15, 0.2) is 0 Å². The number of hydrogen-bond donors (Lipinski definition) is 1. The van der Waals surface area contributed by atoms with Gasteiger partial charge < -0.3 is 14.8 Å². The number of ether oxygens (including phenoxy) is 2. The zero-order chi connectivity index (χ0) is 16.8. The lowest BCUT2D eigenvalue weighted by molar-refractivity contribution is -0.145. The van der Waals surface area contributed by atoms with Crippen LogP contribution in [0, 0.1) is 23.7 Å².